The lowest BCUT2D eigenvalue weighted by molar-refractivity contribution is -0.146. The van der Waals surface area contributed by atoms with Crippen LogP contribution in [-0.4, -0.2) is 25.2 Å². The van der Waals surface area contributed by atoms with Gasteiger partial charge in [0, 0.05) is 5.57 Å². The van der Waals surface area contributed by atoms with Crippen LogP contribution in [0.2, 0.25) is 0 Å². The van der Waals surface area contributed by atoms with Gasteiger partial charge in [-0.1, -0.05) is 96.1 Å². The highest BCUT2D eigenvalue weighted by atomic mass is 16.5. The number of hydrogen-bond donors (Lipinski definition) is 0. The molecule has 0 saturated carbocycles. The molecule has 0 aliphatic carbocycles. The summed E-state index contributed by atoms with van der Waals surface area (Å²) in [6, 6.07) is 0. The van der Waals surface area contributed by atoms with Crippen LogP contribution < -0.4 is 0 Å². The molecule has 0 aliphatic heterocycles. The molecule has 4 heteroatoms. The second kappa shape index (κ2) is 24.8. The van der Waals surface area contributed by atoms with Gasteiger partial charge in [-0.05, 0) is 51.4 Å². The molecule has 0 atom stereocenters. The van der Waals surface area contributed by atoms with Crippen molar-refractivity contribution in [3.63, 3.8) is 0 Å². The summed E-state index contributed by atoms with van der Waals surface area (Å²) in [6.07, 6.45) is 27.1. The third kappa shape index (κ3) is 23.1. The number of unbranched alkanes of at least 4 members (excludes halogenated alkanes) is 12. The van der Waals surface area contributed by atoms with Crippen LogP contribution in [0.3, 0.4) is 0 Å². The highest BCUT2D eigenvalue weighted by Crippen LogP contribution is 2.09. The summed E-state index contributed by atoms with van der Waals surface area (Å²) in [7, 11) is 0. The first-order chi connectivity index (χ1) is 16.1. The first-order valence-electron chi connectivity index (χ1n) is 13.4. The molecule has 0 fully saturated rings. The summed E-state index contributed by atoms with van der Waals surface area (Å²) in [5.41, 5.74) is 0.173. The number of carbonyl (C=O) groups excluding carboxylic acids is 2. The van der Waals surface area contributed by atoms with Crippen molar-refractivity contribution in [1.29, 1.82) is 0 Å². The maximum atomic E-state index is 12.0. The van der Waals surface area contributed by atoms with Crippen molar-refractivity contribution in [3.05, 3.63) is 36.5 Å². The quantitative estimate of drug-likeness (QED) is 0.0662. The fraction of sp³-hybridized carbons (Fsp3) is 0.724. The number of allylic oxidation sites excluding steroid dienone is 4. The summed E-state index contributed by atoms with van der Waals surface area (Å²) in [4.78, 5) is 23.8. The molecule has 0 aliphatic rings. The summed E-state index contributed by atoms with van der Waals surface area (Å²) in [5, 5.41) is 0. The molecule has 0 aromatic carbocycles. The predicted octanol–water partition coefficient (Wildman–Crippen LogP) is 8.41. The van der Waals surface area contributed by atoms with E-state index in [1.54, 1.807) is 0 Å². The molecule has 0 saturated heterocycles. The van der Waals surface area contributed by atoms with E-state index < -0.39 is 11.9 Å². The molecular weight excluding hydrogens is 412 g/mol. The predicted molar refractivity (Wildman–Crippen MR) is 139 cm³/mol. The number of ether oxygens (including phenoxy) is 2. The lowest BCUT2D eigenvalue weighted by atomic mass is 10.1. The van der Waals surface area contributed by atoms with Crippen LogP contribution >= 0.6 is 0 Å². The van der Waals surface area contributed by atoms with E-state index in [-0.39, 0.29) is 12.0 Å². The Hall–Kier alpha value is -1.84. The number of esters is 2. The lowest BCUT2D eigenvalue weighted by Crippen LogP contribution is -2.14. The van der Waals surface area contributed by atoms with E-state index in [0.717, 1.165) is 51.4 Å². The van der Waals surface area contributed by atoms with E-state index >= 15 is 0 Å². The standard InChI is InChI=1S/C29H50O4/c1-4-6-8-10-12-14-16-18-20-22-24-32-28(30)26-27(3)29(31)33-25-23-21-19-17-15-13-11-9-7-5-2/h10-13H,3-9,14-26H2,1-2H3. The zero-order valence-electron chi connectivity index (χ0n) is 21.6. The van der Waals surface area contributed by atoms with Gasteiger partial charge < -0.3 is 9.47 Å². The van der Waals surface area contributed by atoms with Crippen LogP contribution in [0.4, 0.5) is 0 Å². The molecule has 0 spiro atoms. The molecule has 0 radical (unpaired) electrons. The second-order valence-corrected chi connectivity index (χ2v) is 8.77. The maximum absolute atomic E-state index is 12.0. The molecule has 0 N–H and O–H groups in total. The maximum Gasteiger partial charge on any atom is 0.333 e. The van der Waals surface area contributed by atoms with Gasteiger partial charge in [0.1, 0.15) is 0 Å². The van der Waals surface area contributed by atoms with E-state index in [1.807, 2.05) is 0 Å². The van der Waals surface area contributed by atoms with Crippen molar-refractivity contribution >= 4 is 11.9 Å². The number of rotatable bonds is 23. The Morgan fingerprint density at radius 2 is 1.03 bits per heavy atom. The average Bonchev–Trinajstić information content (AvgIpc) is 2.80. The highest BCUT2D eigenvalue weighted by molar-refractivity contribution is 5.93. The minimum atomic E-state index is -0.488. The Morgan fingerprint density at radius 1 is 0.606 bits per heavy atom. The Labute approximate surface area is 203 Å². The molecule has 4 nitrogen and oxygen atoms in total. The molecule has 190 valence electrons. The Balaban J connectivity index is 3.55. The smallest absolute Gasteiger partial charge is 0.333 e. The lowest BCUT2D eigenvalue weighted by Gasteiger charge is -2.08. The normalized spacial score (nSPS) is 11.3. The first-order valence-corrected chi connectivity index (χ1v) is 13.4. The van der Waals surface area contributed by atoms with Gasteiger partial charge in [-0.15, -0.1) is 0 Å². The topological polar surface area (TPSA) is 52.6 Å². The summed E-state index contributed by atoms with van der Waals surface area (Å²) < 4.78 is 10.4. The summed E-state index contributed by atoms with van der Waals surface area (Å²) in [5.74, 6) is -0.888. The number of hydrogen-bond acceptors (Lipinski definition) is 4. The minimum absolute atomic E-state index is 0.0915. The zero-order valence-corrected chi connectivity index (χ0v) is 21.6. The summed E-state index contributed by atoms with van der Waals surface area (Å²) >= 11 is 0. The largest absolute Gasteiger partial charge is 0.465 e. The molecule has 0 rings (SSSR count). The molecule has 0 aromatic heterocycles. The molecule has 0 heterocycles. The van der Waals surface area contributed by atoms with E-state index in [0.29, 0.717) is 13.2 Å². The third-order valence-corrected chi connectivity index (χ3v) is 5.45. The molecule has 0 unspecified atom stereocenters. The second-order valence-electron chi connectivity index (χ2n) is 8.77. The van der Waals surface area contributed by atoms with Gasteiger partial charge in [-0.2, -0.15) is 0 Å². The Morgan fingerprint density at radius 3 is 1.52 bits per heavy atom. The van der Waals surface area contributed by atoms with Gasteiger partial charge in [0.05, 0.1) is 19.6 Å². The molecule has 33 heavy (non-hydrogen) atoms. The first kappa shape index (κ1) is 31.2. The van der Waals surface area contributed by atoms with Crippen molar-refractivity contribution < 1.29 is 19.1 Å². The third-order valence-electron chi connectivity index (χ3n) is 5.45. The van der Waals surface area contributed by atoms with Gasteiger partial charge in [-0.25, -0.2) is 4.79 Å². The zero-order chi connectivity index (χ0) is 24.4. The SMILES string of the molecule is C=C(CC(=O)OCCCCCCC=CCCCC)C(=O)OCCCCCCC=CCCCC. The van der Waals surface area contributed by atoms with Crippen molar-refractivity contribution in [2.75, 3.05) is 13.2 Å². The van der Waals surface area contributed by atoms with Crippen LogP contribution in [0.25, 0.3) is 0 Å². The van der Waals surface area contributed by atoms with Crippen molar-refractivity contribution in [3.8, 4) is 0 Å². The van der Waals surface area contributed by atoms with Crippen LogP contribution in [-0.2, 0) is 19.1 Å². The molecular formula is C29H50O4. The van der Waals surface area contributed by atoms with Crippen molar-refractivity contribution in [1.82, 2.24) is 0 Å². The fourth-order valence-electron chi connectivity index (χ4n) is 3.30. The molecule has 0 bridgehead atoms. The van der Waals surface area contributed by atoms with Gasteiger partial charge in [0.15, 0.2) is 0 Å². The van der Waals surface area contributed by atoms with Gasteiger partial charge in [0.25, 0.3) is 0 Å². The minimum Gasteiger partial charge on any atom is -0.465 e. The molecule has 0 amide bonds. The average molecular weight is 463 g/mol. The van der Waals surface area contributed by atoms with Gasteiger partial charge in [0.2, 0.25) is 0 Å². The van der Waals surface area contributed by atoms with Crippen LogP contribution in [0.15, 0.2) is 36.5 Å². The van der Waals surface area contributed by atoms with E-state index in [4.69, 9.17) is 9.47 Å². The van der Waals surface area contributed by atoms with Crippen molar-refractivity contribution in [2.45, 2.75) is 123 Å². The van der Waals surface area contributed by atoms with E-state index in [1.165, 1.54) is 51.4 Å². The fourth-order valence-corrected chi connectivity index (χ4v) is 3.30. The van der Waals surface area contributed by atoms with Crippen LogP contribution in [0, 0.1) is 0 Å². The van der Waals surface area contributed by atoms with E-state index in [9.17, 15) is 9.59 Å². The van der Waals surface area contributed by atoms with E-state index in [2.05, 4.69) is 44.7 Å². The molecule has 0 aromatic rings. The van der Waals surface area contributed by atoms with Gasteiger partial charge >= 0.3 is 11.9 Å². The van der Waals surface area contributed by atoms with Crippen LogP contribution in [0.5, 0.6) is 0 Å². The van der Waals surface area contributed by atoms with Crippen LogP contribution in [0.1, 0.15) is 123 Å². The van der Waals surface area contributed by atoms with Gasteiger partial charge in [-0.3, -0.25) is 4.79 Å². The van der Waals surface area contributed by atoms with Crippen molar-refractivity contribution in [2.24, 2.45) is 0 Å². The Kier molecular flexibility index (Phi) is 23.4. The number of carbonyl (C=O) groups is 2. The monoisotopic (exact) mass is 462 g/mol. The highest BCUT2D eigenvalue weighted by Gasteiger charge is 2.14. The Bertz CT molecular complexity index is 548. The summed E-state index contributed by atoms with van der Waals surface area (Å²) in [6.45, 7) is 8.88.